The van der Waals surface area contributed by atoms with Crippen LogP contribution >= 0.6 is 0 Å². The SMILES string of the molecule is CCCCOCCCC1=[C]([Ti+2])CC=C1.[Cl-].[Cl-]. The van der Waals surface area contributed by atoms with Crippen molar-refractivity contribution in [2.75, 3.05) is 13.2 Å². The second kappa shape index (κ2) is 12.2. The molecule has 0 bridgehead atoms. The van der Waals surface area contributed by atoms with Gasteiger partial charge in [-0.3, -0.25) is 0 Å². The van der Waals surface area contributed by atoms with Crippen LogP contribution in [0.2, 0.25) is 0 Å². The van der Waals surface area contributed by atoms with Gasteiger partial charge in [0, 0.05) is 0 Å². The predicted molar refractivity (Wildman–Crippen MR) is 55.7 cm³/mol. The average molecular weight is 298 g/mol. The fourth-order valence-electron chi connectivity index (χ4n) is 1.50. The van der Waals surface area contributed by atoms with Crippen molar-refractivity contribution in [3.63, 3.8) is 0 Å². The standard InChI is InChI=1S/C12H19O.2ClH.Ti/c1-2-3-10-13-11-6-9-12-7-4-5-8-12;;;/h4,7H,2-3,5-6,9-11H2,1H3;2*1H;/q;;;+2/p-2. The molecule has 0 radical (unpaired) electrons. The molecule has 0 aromatic heterocycles. The fraction of sp³-hybridized carbons (Fsp3) is 0.667. The zero-order chi connectivity index (χ0) is 10.2. The van der Waals surface area contributed by atoms with E-state index >= 15 is 0 Å². The van der Waals surface area contributed by atoms with Gasteiger partial charge < -0.3 is 24.8 Å². The molecule has 1 rings (SSSR count). The number of ether oxygens (including phenoxy) is 1. The Labute approximate surface area is 123 Å². The van der Waals surface area contributed by atoms with Gasteiger partial charge in [0.1, 0.15) is 0 Å². The van der Waals surface area contributed by atoms with E-state index in [0.29, 0.717) is 0 Å². The Morgan fingerprint density at radius 2 is 1.94 bits per heavy atom. The van der Waals surface area contributed by atoms with Crippen LogP contribution in [0.1, 0.15) is 39.0 Å². The first-order valence-corrected chi connectivity index (χ1v) is 6.30. The maximum atomic E-state index is 5.52. The third-order valence-corrected chi connectivity index (χ3v) is 3.23. The van der Waals surface area contributed by atoms with Crippen molar-refractivity contribution in [1.29, 1.82) is 0 Å². The van der Waals surface area contributed by atoms with Gasteiger partial charge in [-0.1, -0.05) is 0 Å². The number of rotatable bonds is 7. The van der Waals surface area contributed by atoms with Crippen LogP contribution in [0.5, 0.6) is 0 Å². The van der Waals surface area contributed by atoms with E-state index < -0.39 is 0 Å². The third-order valence-electron chi connectivity index (χ3n) is 2.41. The molecule has 1 nitrogen and oxygen atoms in total. The molecule has 0 saturated carbocycles. The van der Waals surface area contributed by atoms with Crippen LogP contribution in [0.3, 0.4) is 0 Å². The summed E-state index contributed by atoms with van der Waals surface area (Å²) >= 11 is 2.23. The molecule has 16 heavy (non-hydrogen) atoms. The maximum Gasteiger partial charge on any atom is -1.00 e. The van der Waals surface area contributed by atoms with Crippen LogP contribution in [0.25, 0.3) is 0 Å². The van der Waals surface area contributed by atoms with Crippen molar-refractivity contribution in [3.05, 3.63) is 21.6 Å². The van der Waals surface area contributed by atoms with Crippen LogP contribution < -0.4 is 24.8 Å². The summed E-state index contributed by atoms with van der Waals surface area (Å²) in [6.07, 6.45) is 10.5. The summed E-state index contributed by atoms with van der Waals surface area (Å²) < 4.78 is 7.06. The smallest absolute Gasteiger partial charge is 1.00 e. The Bertz CT molecular complexity index is 227. The molecule has 0 amide bonds. The number of unbranched alkanes of at least 4 members (excludes halogenated alkanes) is 1. The molecule has 0 aliphatic heterocycles. The molecule has 0 aromatic carbocycles. The second-order valence-electron chi connectivity index (χ2n) is 3.68. The minimum Gasteiger partial charge on any atom is -1.00 e. The second-order valence-corrected chi connectivity index (χ2v) is 4.62. The Morgan fingerprint density at radius 1 is 1.25 bits per heavy atom. The first-order chi connectivity index (χ1) is 6.84. The minimum absolute atomic E-state index is 0. The fourth-order valence-corrected chi connectivity index (χ4v) is 2.01. The molecule has 0 N–H and O–H groups in total. The van der Waals surface area contributed by atoms with Gasteiger partial charge in [0.25, 0.3) is 0 Å². The Kier molecular flexibility index (Phi) is 14.5. The molecular weight excluding hydrogens is 279 g/mol. The van der Waals surface area contributed by atoms with Gasteiger partial charge in [0.05, 0.1) is 0 Å². The summed E-state index contributed by atoms with van der Waals surface area (Å²) in [5, 5.41) is 0. The van der Waals surface area contributed by atoms with Gasteiger partial charge in [-0.2, -0.15) is 0 Å². The molecule has 0 unspecified atom stereocenters. The van der Waals surface area contributed by atoms with E-state index in [1.54, 1.807) is 3.88 Å². The van der Waals surface area contributed by atoms with Crippen molar-refractivity contribution in [2.45, 2.75) is 39.0 Å². The molecule has 0 atom stereocenters. The normalized spacial score (nSPS) is 13.7. The van der Waals surface area contributed by atoms with Gasteiger partial charge in [-0.15, -0.1) is 0 Å². The van der Waals surface area contributed by atoms with Gasteiger partial charge in [-0.25, -0.2) is 0 Å². The minimum atomic E-state index is 0. The summed E-state index contributed by atoms with van der Waals surface area (Å²) in [6.45, 7) is 4.05. The predicted octanol–water partition coefficient (Wildman–Crippen LogP) is -2.65. The van der Waals surface area contributed by atoms with Crippen molar-refractivity contribution in [3.8, 4) is 0 Å². The largest absolute Gasteiger partial charge is 1.00 e. The number of hydrogen-bond acceptors (Lipinski definition) is 1. The van der Waals surface area contributed by atoms with E-state index in [2.05, 4.69) is 39.5 Å². The van der Waals surface area contributed by atoms with Crippen LogP contribution in [-0.4, -0.2) is 13.2 Å². The van der Waals surface area contributed by atoms with Gasteiger partial charge >= 0.3 is 99.0 Å². The van der Waals surface area contributed by atoms with E-state index in [-0.39, 0.29) is 24.8 Å². The summed E-state index contributed by atoms with van der Waals surface area (Å²) in [4.78, 5) is 0. The van der Waals surface area contributed by atoms with Crippen molar-refractivity contribution < 1.29 is 50.0 Å². The van der Waals surface area contributed by atoms with Gasteiger partial charge in [0.15, 0.2) is 0 Å². The van der Waals surface area contributed by atoms with Crippen molar-refractivity contribution >= 4 is 0 Å². The molecule has 91 valence electrons. The first-order valence-electron chi connectivity index (χ1n) is 5.52. The van der Waals surface area contributed by atoms with E-state index in [4.69, 9.17) is 4.74 Å². The molecule has 1 aliphatic rings. The quantitative estimate of drug-likeness (QED) is 0.369. The zero-order valence-electron chi connectivity index (χ0n) is 9.77. The molecule has 0 saturated heterocycles. The van der Waals surface area contributed by atoms with E-state index in [0.717, 1.165) is 19.6 Å². The van der Waals surface area contributed by atoms with Crippen LogP contribution in [0, 0.1) is 0 Å². The molecule has 0 spiro atoms. The van der Waals surface area contributed by atoms with E-state index in [1.807, 2.05) is 0 Å². The van der Waals surface area contributed by atoms with Crippen LogP contribution in [0.15, 0.2) is 21.6 Å². The van der Waals surface area contributed by atoms with Gasteiger partial charge in [-0.05, 0) is 0 Å². The van der Waals surface area contributed by atoms with Crippen LogP contribution in [-0.2, 0) is 25.2 Å². The molecular formula is C12H19Cl2OTi. The van der Waals surface area contributed by atoms with E-state index in [1.165, 1.54) is 31.3 Å². The van der Waals surface area contributed by atoms with Crippen LogP contribution in [0.4, 0.5) is 0 Å². The monoisotopic (exact) mass is 297 g/mol. The molecule has 0 heterocycles. The number of hydrogen-bond donors (Lipinski definition) is 0. The van der Waals surface area contributed by atoms with E-state index in [9.17, 15) is 0 Å². The van der Waals surface area contributed by atoms with Gasteiger partial charge in [0.2, 0.25) is 0 Å². The average Bonchev–Trinajstić information content (AvgIpc) is 2.58. The Balaban J connectivity index is 0. The Morgan fingerprint density at radius 3 is 2.50 bits per heavy atom. The number of allylic oxidation sites excluding steroid dienone is 4. The third kappa shape index (κ3) is 7.92. The summed E-state index contributed by atoms with van der Waals surface area (Å²) in [5.41, 5.74) is 1.53. The molecule has 1 aliphatic carbocycles. The van der Waals surface area contributed by atoms with Crippen molar-refractivity contribution in [1.82, 2.24) is 0 Å². The summed E-state index contributed by atoms with van der Waals surface area (Å²) in [7, 11) is 0. The first kappa shape index (κ1) is 19.1. The molecule has 0 aromatic rings. The topological polar surface area (TPSA) is 9.23 Å². The zero-order valence-corrected chi connectivity index (χ0v) is 12.8. The van der Waals surface area contributed by atoms with Crippen molar-refractivity contribution in [2.24, 2.45) is 0 Å². The number of halogens is 2. The molecule has 0 fully saturated rings. The summed E-state index contributed by atoms with van der Waals surface area (Å²) in [5.74, 6) is 0. The summed E-state index contributed by atoms with van der Waals surface area (Å²) in [6, 6.07) is 0. The maximum absolute atomic E-state index is 5.52. The Hall–Kier alpha value is 0.734. The molecule has 4 heteroatoms.